The van der Waals surface area contributed by atoms with Crippen LogP contribution >= 0.6 is 34.0 Å². The molecule has 0 saturated carbocycles. The molecule has 0 aliphatic rings. The van der Waals surface area contributed by atoms with Gasteiger partial charge in [0.25, 0.3) is 0 Å². The lowest BCUT2D eigenvalue weighted by Gasteiger charge is -2.13. The maximum atomic E-state index is 5.47. The number of rotatable bonds is 15. The normalized spacial score (nSPS) is 11.5. The minimum atomic E-state index is 0.795. The van der Waals surface area contributed by atoms with Crippen molar-refractivity contribution in [3.63, 3.8) is 0 Å². The average molecular weight is 1950 g/mol. The molecule has 18 aromatic carbocycles. The van der Waals surface area contributed by atoms with Gasteiger partial charge in [-0.2, -0.15) is 0 Å². The SMILES string of the molecule is c1ccc(-c2ccc3ccc4ccc(-c5ccc6c(c5)nc(-c5ccccc5)c5sc(-c7ccccc7)c(-c7ccccc7)c56)nc4c3n2)cc1.c1ccc(-c2sc3c(-c4ccccc4)nc4cc(-c5cc(-c6ccccn6)nc(-c6ccccn6)c5)ccc4c3c2-c2ccccc2)cc1.c1ccc(-c2sc3c(-c4ccccc4)nc4cc(-c5ccc6c7ccccc7c7ccccc7c6c5)ccc4c3c2-c2ccccc2)cc1. The molecule has 8 nitrogen and oxygen atoms in total. The van der Waals surface area contributed by atoms with Crippen LogP contribution in [0.4, 0.5) is 0 Å². The number of thiophene rings is 3. The second-order valence-corrected chi connectivity index (χ2v) is 40.3. The molecule has 0 aliphatic carbocycles. The van der Waals surface area contributed by atoms with Gasteiger partial charge in [-0.1, -0.05) is 437 Å². The quantitative estimate of drug-likeness (QED) is 0.0935. The largest absolute Gasteiger partial charge is 0.255 e. The number of hydrogen-bond donors (Lipinski definition) is 0. The Hall–Kier alpha value is -18.9. The van der Waals surface area contributed by atoms with Gasteiger partial charge in [-0.15, -0.1) is 34.0 Å². The Bertz CT molecular complexity index is 10100. The topological polar surface area (TPSA) is 103 Å². The van der Waals surface area contributed by atoms with E-state index in [2.05, 4.69) is 465 Å². The van der Waals surface area contributed by atoms with Crippen LogP contribution in [0.5, 0.6) is 0 Å². The molecule has 0 atom stereocenters. The summed E-state index contributed by atoms with van der Waals surface area (Å²) in [5.74, 6) is 0. The van der Waals surface area contributed by atoms with Gasteiger partial charge in [0.1, 0.15) is 0 Å². The molecule has 0 fully saturated rings. The van der Waals surface area contributed by atoms with E-state index >= 15 is 0 Å². The third kappa shape index (κ3) is 16.6. The van der Waals surface area contributed by atoms with Crippen LogP contribution in [0.1, 0.15) is 0 Å². The molecule has 0 radical (unpaired) electrons. The predicted octanol–water partition coefficient (Wildman–Crippen LogP) is 38.1. The number of benzene rings is 18. The first kappa shape index (κ1) is 89.0. The third-order valence-electron chi connectivity index (χ3n) is 28.3. The molecule has 11 aromatic heterocycles. The van der Waals surface area contributed by atoms with E-state index in [9.17, 15) is 0 Å². The monoisotopic (exact) mass is 1950 g/mol. The van der Waals surface area contributed by atoms with Crippen molar-refractivity contribution in [2.24, 2.45) is 0 Å². The van der Waals surface area contributed by atoms with Crippen LogP contribution in [-0.4, -0.2) is 39.9 Å². The summed E-state index contributed by atoms with van der Waals surface area (Å²) in [7, 11) is 0. The number of fused-ring (bicyclic) bond motifs is 18. The van der Waals surface area contributed by atoms with Gasteiger partial charge in [0.05, 0.1) is 92.9 Å². The van der Waals surface area contributed by atoms with E-state index in [0.717, 1.165) is 145 Å². The molecule has 0 spiro atoms. The molecule has 29 aromatic rings. The van der Waals surface area contributed by atoms with E-state index in [-0.39, 0.29) is 0 Å². The van der Waals surface area contributed by atoms with E-state index in [4.69, 9.17) is 29.9 Å². The molecule has 11 heteroatoms. The maximum absolute atomic E-state index is 5.47. The number of aromatic nitrogens is 8. The minimum Gasteiger partial charge on any atom is -0.255 e. The van der Waals surface area contributed by atoms with Crippen LogP contribution in [0.25, 0.3) is 283 Å². The van der Waals surface area contributed by atoms with Crippen molar-refractivity contribution < 1.29 is 0 Å². The van der Waals surface area contributed by atoms with Gasteiger partial charge in [-0.05, 0) is 161 Å². The zero-order valence-corrected chi connectivity index (χ0v) is 82.9. The first-order valence-electron chi connectivity index (χ1n) is 50.0. The van der Waals surface area contributed by atoms with Crippen LogP contribution in [0, 0.1) is 0 Å². The molecule has 0 saturated heterocycles. The smallest absolute Gasteiger partial charge is 0.0972 e. The van der Waals surface area contributed by atoms with Gasteiger partial charge in [0, 0.05) is 115 Å². The highest BCUT2D eigenvalue weighted by atomic mass is 32.1. The van der Waals surface area contributed by atoms with Crippen molar-refractivity contribution in [2.75, 3.05) is 0 Å². The Kier molecular flexibility index (Phi) is 23.1. The van der Waals surface area contributed by atoms with Crippen molar-refractivity contribution in [1.82, 2.24) is 39.9 Å². The van der Waals surface area contributed by atoms with Gasteiger partial charge < -0.3 is 0 Å². The molecule has 0 aliphatic heterocycles. The summed E-state index contributed by atoms with van der Waals surface area (Å²) in [6.07, 6.45) is 3.60. The fraction of sp³-hybridized carbons (Fsp3) is 0. The summed E-state index contributed by atoms with van der Waals surface area (Å²) < 4.78 is 3.59. The minimum absolute atomic E-state index is 0.795. The summed E-state index contributed by atoms with van der Waals surface area (Å²) >= 11 is 5.50. The second-order valence-electron chi connectivity index (χ2n) is 37.3. The highest BCUT2D eigenvalue weighted by molar-refractivity contribution is 7.24. The van der Waals surface area contributed by atoms with Gasteiger partial charge in [-0.25, -0.2) is 29.9 Å². The average Bonchev–Trinajstić information content (AvgIpc) is 1.61. The molecule has 696 valence electrons. The van der Waals surface area contributed by atoms with Gasteiger partial charge in [0.15, 0.2) is 0 Å². The van der Waals surface area contributed by atoms with E-state index in [1.807, 2.05) is 88.6 Å². The van der Waals surface area contributed by atoms with Crippen LogP contribution in [0.3, 0.4) is 0 Å². The fourth-order valence-corrected chi connectivity index (χ4v) is 25.3. The number of pyridine rings is 8. The first-order chi connectivity index (χ1) is 73.9. The lowest BCUT2D eigenvalue weighted by Crippen LogP contribution is -1.94. The molecular formula is C138H86N8S3. The highest BCUT2D eigenvalue weighted by Crippen LogP contribution is 2.55. The lowest BCUT2D eigenvalue weighted by molar-refractivity contribution is 1.22. The molecule has 149 heavy (non-hydrogen) atoms. The van der Waals surface area contributed by atoms with Crippen LogP contribution in [0.2, 0.25) is 0 Å². The predicted molar refractivity (Wildman–Crippen MR) is 629 cm³/mol. The molecular weight excluding hydrogens is 1870 g/mol. The van der Waals surface area contributed by atoms with Gasteiger partial charge in [-0.3, -0.25) is 9.97 Å². The van der Waals surface area contributed by atoms with Gasteiger partial charge in [0.2, 0.25) is 0 Å². The zero-order valence-electron chi connectivity index (χ0n) is 80.5. The number of nitrogens with zero attached hydrogens (tertiary/aromatic N) is 8. The summed E-state index contributed by atoms with van der Waals surface area (Å²) in [4.78, 5) is 44.7. The molecule has 0 bridgehead atoms. The summed E-state index contributed by atoms with van der Waals surface area (Å²) in [6.45, 7) is 0. The molecule has 0 unspecified atom stereocenters. The van der Waals surface area contributed by atoms with Crippen LogP contribution < -0.4 is 0 Å². The fourth-order valence-electron chi connectivity index (χ4n) is 21.3. The van der Waals surface area contributed by atoms with Crippen molar-refractivity contribution in [2.45, 2.75) is 0 Å². The Morgan fingerprint density at radius 3 is 0.765 bits per heavy atom. The second kappa shape index (κ2) is 38.7. The standard InChI is InChI=1S/C47H29N3S.C47H29NS.C44H28N4S/c1-5-13-30(14-6-1)38-27-24-33-21-22-34-25-28-39(49-44(34)43(33)48-38)36-23-26-37-40(29-36)50-45(32-17-9-3-10-18-32)47-42(37)41(31-15-7-2-8-16-31)46(51-47)35-19-11-4-12-20-35;1-4-14-30(15-5-1)43-44-40-27-25-34(33-24-26-39-37-22-11-10-20-35(37)36-21-12-13-23-38(36)41(39)28-33)29-42(40)48-45(31-16-6-2-7-17-31)47(44)49-46(43)32-18-8-3-9-19-32;1-4-14-29(15-5-1)40-41-34-23-22-32(33-27-38(35-20-10-12-24-45-35)47-39(28-33)36-21-11-13-25-46-36)26-37(34)48-42(30-16-6-2-7-17-30)44(41)49-43(40)31-18-8-3-9-19-31/h1-29H;1-29H;1-28H. The van der Waals surface area contributed by atoms with E-state index in [1.54, 1.807) is 12.4 Å². The molecule has 29 rings (SSSR count). The van der Waals surface area contributed by atoms with Crippen LogP contribution in [-0.2, 0) is 0 Å². The van der Waals surface area contributed by atoms with Crippen LogP contribution in [0.15, 0.2) is 522 Å². The molecule has 0 N–H and O–H groups in total. The van der Waals surface area contributed by atoms with Crippen molar-refractivity contribution >= 4 is 151 Å². The summed E-state index contributed by atoms with van der Waals surface area (Å²) in [6, 6.07) is 180. The first-order valence-corrected chi connectivity index (χ1v) is 52.5. The van der Waals surface area contributed by atoms with Crippen molar-refractivity contribution in [3.8, 4) is 166 Å². The van der Waals surface area contributed by atoms with E-state index < -0.39 is 0 Å². The summed E-state index contributed by atoms with van der Waals surface area (Å²) in [5, 5.41) is 17.0. The molecule has 11 heterocycles. The Morgan fingerprint density at radius 1 is 0.148 bits per heavy atom. The highest BCUT2D eigenvalue weighted by Gasteiger charge is 2.29. The Balaban J connectivity index is 0.000000110. The maximum Gasteiger partial charge on any atom is 0.0972 e. The van der Waals surface area contributed by atoms with Gasteiger partial charge >= 0.3 is 0 Å². The Morgan fingerprint density at radius 2 is 0.416 bits per heavy atom. The zero-order chi connectivity index (χ0) is 98.6. The van der Waals surface area contributed by atoms with E-state index in [1.165, 1.54) is 138 Å². The number of hydrogen-bond acceptors (Lipinski definition) is 11. The van der Waals surface area contributed by atoms with E-state index in [0.29, 0.717) is 0 Å². The van der Waals surface area contributed by atoms with Crippen molar-refractivity contribution in [3.05, 3.63) is 522 Å². The molecule has 0 amide bonds. The lowest BCUT2D eigenvalue weighted by atomic mass is 9.91. The summed E-state index contributed by atoms with van der Waals surface area (Å²) in [5.41, 5.74) is 33.6. The third-order valence-corrected chi connectivity index (χ3v) is 32.0. The Labute approximate surface area is 872 Å². The van der Waals surface area contributed by atoms with Crippen molar-refractivity contribution in [1.29, 1.82) is 0 Å².